The lowest BCUT2D eigenvalue weighted by Gasteiger charge is -2.07. The number of amides is 1. The van der Waals surface area contributed by atoms with E-state index in [0.717, 1.165) is 17.5 Å². The molecule has 1 amide bonds. The van der Waals surface area contributed by atoms with Crippen molar-refractivity contribution < 1.29 is 14.3 Å². The molecule has 5 heteroatoms. The molecule has 26 heavy (non-hydrogen) atoms. The fourth-order valence-corrected chi connectivity index (χ4v) is 2.40. The van der Waals surface area contributed by atoms with Gasteiger partial charge in [-0.1, -0.05) is 43.3 Å². The lowest BCUT2D eigenvalue weighted by atomic mass is 10.1. The van der Waals surface area contributed by atoms with Crippen molar-refractivity contribution in [1.29, 1.82) is 5.26 Å². The minimum Gasteiger partial charge on any atom is -0.456 e. The van der Waals surface area contributed by atoms with Gasteiger partial charge in [0.05, 0.1) is 12.5 Å². The van der Waals surface area contributed by atoms with Gasteiger partial charge in [0.25, 0.3) is 5.91 Å². The normalized spacial score (nSPS) is 10.0. The Morgan fingerprint density at radius 2 is 1.62 bits per heavy atom. The number of esters is 1. The number of benzene rings is 2. The molecule has 2 rings (SSSR count). The van der Waals surface area contributed by atoms with Gasteiger partial charge < -0.3 is 10.1 Å². The van der Waals surface area contributed by atoms with Crippen LogP contribution in [0.4, 0.5) is 5.69 Å². The molecule has 0 aliphatic rings. The average Bonchev–Trinajstić information content (AvgIpc) is 2.67. The number of hydrogen-bond acceptors (Lipinski definition) is 4. The minimum absolute atomic E-state index is 0.238. The minimum atomic E-state index is -0.399. The predicted octanol–water partition coefficient (Wildman–Crippen LogP) is 3.43. The van der Waals surface area contributed by atoms with Gasteiger partial charge in [-0.3, -0.25) is 9.59 Å². The number of carbonyl (C=O) groups excluding carboxylic acids is 2. The van der Waals surface area contributed by atoms with Crippen LogP contribution in [0.1, 0.15) is 30.0 Å². The molecule has 0 aliphatic carbocycles. The number of anilines is 1. The van der Waals surface area contributed by atoms with Gasteiger partial charge in [0, 0.05) is 12.1 Å². The molecule has 0 saturated carbocycles. The van der Waals surface area contributed by atoms with Crippen LogP contribution in [-0.2, 0) is 33.6 Å². The van der Waals surface area contributed by atoms with Gasteiger partial charge in [0.1, 0.15) is 0 Å². The average molecular weight is 350 g/mol. The third-order valence-electron chi connectivity index (χ3n) is 3.93. The number of ether oxygens (including phenoxy) is 1. The van der Waals surface area contributed by atoms with E-state index in [2.05, 4.69) is 30.4 Å². The van der Waals surface area contributed by atoms with Crippen LogP contribution in [0.15, 0.2) is 48.5 Å². The van der Waals surface area contributed by atoms with Crippen molar-refractivity contribution in [3.05, 3.63) is 65.2 Å². The maximum atomic E-state index is 11.8. The molecule has 0 bridgehead atoms. The summed E-state index contributed by atoms with van der Waals surface area (Å²) in [6.07, 6.45) is 2.14. The molecule has 0 spiro atoms. The van der Waals surface area contributed by atoms with E-state index < -0.39 is 11.9 Å². The SMILES string of the molecule is CCc1ccc(CCC(=O)OCC(=O)Nc2ccc(CC#N)cc2)cc1. The highest BCUT2D eigenvalue weighted by Crippen LogP contribution is 2.10. The fraction of sp³-hybridized carbons (Fsp3) is 0.286. The summed E-state index contributed by atoms with van der Waals surface area (Å²) in [5, 5.41) is 11.3. The first-order chi connectivity index (χ1) is 12.6. The molecule has 0 atom stereocenters. The van der Waals surface area contributed by atoms with E-state index in [1.807, 2.05) is 12.1 Å². The van der Waals surface area contributed by atoms with Crippen LogP contribution in [-0.4, -0.2) is 18.5 Å². The van der Waals surface area contributed by atoms with E-state index in [-0.39, 0.29) is 13.0 Å². The van der Waals surface area contributed by atoms with Crippen LogP contribution < -0.4 is 5.32 Å². The summed E-state index contributed by atoms with van der Waals surface area (Å²) in [6.45, 7) is 1.78. The standard InChI is InChI=1S/C21H22N2O3/c1-2-16-3-5-17(6-4-16)9-12-21(25)26-15-20(24)23-19-10-7-18(8-11-19)13-14-22/h3-8,10-11H,2,9,12-13,15H2,1H3,(H,23,24). The molecule has 5 nitrogen and oxygen atoms in total. The van der Waals surface area contributed by atoms with E-state index in [0.29, 0.717) is 18.5 Å². The Labute approximate surface area is 153 Å². The van der Waals surface area contributed by atoms with Crippen LogP contribution in [0.5, 0.6) is 0 Å². The van der Waals surface area contributed by atoms with Gasteiger partial charge in [-0.25, -0.2) is 0 Å². The van der Waals surface area contributed by atoms with Crippen molar-refractivity contribution in [3.63, 3.8) is 0 Å². The Hall–Kier alpha value is -3.13. The van der Waals surface area contributed by atoms with Gasteiger partial charge in [-0.05, 0) is 41.7 Å². The van der Waals surface area contributed by atoms with E-state index in [4.69, 9.17) is 10.00 Å². The summed E-state index contributed by atoms with van der Waals surface area (Å²) in [6, 6.07) is 17.2. The van der Waals surface area contributed by atoms with Gasteiger partial charge in [-0.15, -0.1) is 0 Å². The number of hydrogen-bond donors (Lipinski definition) is 1. The third-order valence-corrected chi connectivity index (χ3v) is 3.93. The van der Waals surface area contributed by atoms with Crippen LogP contribution in [0.2, 0.25) is 0 Å². The van der Waals surface area contributed by atoms with E-state index in [1.54, 1.807) is 24.3 Å². The van der Waals surface area contributed by atoms with Crippen LogP contribution in [0.3, 0.4) is 0 Å². The quantitative estimate of drug-likeness (QED) is 0.740. The van der Waals surface area contributed by atoms with E-state index in [9.17, 15) is 9.59 Å². The molecule has 0 aromatic heterocycles. The largest absolute Gasteiger partial charge is 0.456 e. The van der Waals surface area contributed by atoms with Crippen LogP contribution in [0.25, 0.3) is 0 Å². The molecule has 0 radical (unpaired) electrons. The number of carbonyl (C=O) groups is 2. The second-order valence-corrected chi connectivity index (χ2v) is 5.91. The second kappa shape index (κ2) is 10.00. The van der Waals surface area contributed by atoms with Crippen LogP contribution in [0, 0.1) is 11.3 Å². The number of nitrogens with one attached hydrogen (secondary N) is 1. The highest BCUT2D eigenvalue weighted by molar-refractivity contribution is 5.92. The Morgan fingerprint density at radius 3 is 2.23 bits per heavy atom. The molecule has 2 aromatic rings. The first kappa shape index (κ1) is 19.2. The first-order valence-electron chi connectivity index (χ1n) is 8.60. The molecule has 0 heterocycles. The molecule has 0 fully saturated rings. The van der Waals surface area contributed by atoms with Gasteiger partial charge >= 0.3 is 5.97 Å². The summed E-state index contributed by atoms with van der Waals surface area (Å²) >= 11 is 0. The summed E-state index contributed by atoms with van der Waals surface area (Å²) in [4.78, 5) is 23.6. The lowest BCUT2D eigenvalue weighted by molar-refractivity contribution is -0.147. The Bertz CT molecular complexity index is 774. The maximum Gasteiger partial charge on any atom is 0.306 e. The van der Waals surface area contributed by atoms with Crippen molar-refractivity contribution in [2.45, 2.75) is 32.6 Å². The molecule has 0 aliphatic heterocycles. The molecule has 0 saturated heterocycles. The van der Waals surface area contributed by atoms with E-state index in [1.165, 1.54) is 5.56 Å². The smallest absolute Gasteiger partial charge is 0.306 e. The topological polar surface area (TPSA) is 79.2 Å². The fourth-order valence-electron chi connectivity index (χ4n) is 2.40. The molecule has 2 aromatic carbocycles. The number of aryl methyl sites for hydroxylation is 2. The monoisotopic (exact) mass is 350 g/mol. The van der Waals surface area contributed by atoms with Gasteiger partial charge in [0.15, 0.2) is 6.61 Å². The predicted molar refractivity (Wildman–Crippen MR) is 99.5 cm³/mol. The molecule has 1 N–H and O–H groups in total. The summed E-state index contributed by atoms with van der Waals surface area (Å²) < 4.78 is 5.01. The Kier molecular flexibility index (Phi) is 7.38. The highest BCUT2D eigenvalue weighted by atomic mass is 16.5. The highest BCUT2D eigenvalue weighted by Gasteiger charge is 2.08. The van der Waals surface area contributed by atoms with Crippen molar-refractivity contribution in [3.8, 4) is 6.07 Å². The zero-order chi connectivity index (χ0) is 18.8. The molecule has 134 valence electrons. The zero-order valence-electron chi connectivity index (χ0n) is 14.8. The van der Waals surface area contributed by atoms with E-state index >= 15 is 0 Å². The summed E-state index contributed by atoms with van der Waals surface area (Å²) in [5.41, 5.74) is 3.81. The first-order valence-corrected chi connectivity index (χ1v) is 8.60. The van der Waals surface area contributed by atoms with Crippen molar-refractivity contribution in [2.75, 3.05) is 11.9 Å². The molecular weight excluding hydrogens is 328 g/mol. The number of nitriles is 1. The van der Waals surface area contributed by atoms with Crippen LogP contribution >= 0.6 is 0 Å². The van der Waals surface area contributed by atoms with Crippen molar-refractivity contribution in [1.82, 2.24) is 0 Å². The number of rotatable bonds is 8. The summed E-state index contributed by atoms with van der Waals surface area (Å²) in [7, 11) is 0. The Morgan fingerprint density at radius 1 is 1.00 bits per heavy atom. The third kappa shape index (κ3) is 6.40. The van der Waals surface area contributed by atoms with Crippen molar-refractivity contribution in [2.24, 2.45) is 0 Å². The molecular formula is C21H22N2O3. The number of nitrogens with zero attached hydrogens (tertiary/aromatic N) is 1. The van der Waals surface area contributed by atoms with Gasteiger partial charge in [0.2, 0.25) is 0 Å². The Balaban J connectivity index is 1.70. The van der Waals surface area contributed by atoms with Crippen molar-refractivity contribution >= 4 is 17.6 Å². The summed E-state index contributed by atoms with van der Waals surface area (Å²) in [5.74, 6) is -0.789. The maximum absolute atomic E-state index is 11.8. The van der Waals surface area contributed by atoms with Gasteiger partial charge in [-0.2, -0.15) is 5.26 Å². The molecule has 0 unspecified atom stereocenters. The zero-order valence-corrected chi connectivity index (χ0v) is 14.8. The lowest BCUT2D eigenvalue weighted by Crippen LogP contribution is -2.21. The second-order valence-electron chi connectivity index (χ2n) is 5.91.